The van der Waals surface area contributed by atoms with E-state index in [4.69, 9.17) is 17.3 Å². The first kappa shape index (κ1) is 13.3. The number of hydrogen-bond donors (Lipinski definition) is 2. The Morgan fingerprint density at radius 2 is 2.12 bits per heavy atom. The molecule has 1 aromatic rings. The lowest BCUT2D eigenvalue weighted by molar-refractivity contribution is 0.412. The van der Waals surface area contributed by atoms with Crippen LogP contribution in [0.3, 0.4) is 0 Å². The van der Waals surface area contributed by atoms with E-state index in [-0.39, 0.29) is 5.82 Å². The third kappa shape index (κ3) is 3.35. The maximum Gasteiger partial charge on any atom is 0.147 e. The Hall–Kier alpha value is -0.800. The number of nitrogens with one attached hydrogen (secondary N) is 1. The third-order valence-electron chi connectivity index (χ3n) is 2.75. The van der Waals surface area contributed by atoms with Gasteiger partial charge in [0.2, 0.25) is 0 Å². The summed E-state index contributed by atoms with van der Waals surface area (Å²) in [6.07, 6.45) is 0. The van der Waals surface area contributed by atoms with E-state index in [1.54, 1.807) is 12.1 Å². The average Bonchev–Trinajstić information content (AvgIpc) is 2.22. The van der Waals surface area contributed by atoms with Gasteiger partial charge < -0.3 is 11.1 Å². The molecule has 0 aliphatic heterocycles. The maximum atomic E-state index is 13.4. The highest BCUT2D eigenvalue weighted by atomic mass is 35.5. The number of hydrogen-bond acceptors (Lipinski definition) is 2. The fourth-order valence-electron chi connectivity index (χ4n) is 1.49. The first-order chi connectivity index (χ1) is 7.56. The lowest BCUT2D eigenvalue weighted by atomic mass is 9.96. The van der Waals surface area contributed by atoms with Crippen LogP contribution >= 0.6 is 11.6 Å². The highest BCUT2D eigenvalue weighted by Crippen LogP contribution is 2.25. The molecule has 1 unspecified atom stereocenters. The predicted octanol–water partition coefficient (Wildman–Crippen LogP) is 3.12. The van der Waals surface area contributed by atoms with Crippen LogP contribution in [0.2, 0.25) is 5.02 Å². The van der Waals surface area contributed by atoms with Gasteiger partial charge in [-0.15, -0.1) is 0 Å². The summed E-state index contributed by atoms with van der Waals surface area (Å²) in [6.45, 7) is 5.41. The lowest BCUT2D eigenvalue weighted by Gasteiger charge is -2.20. The second-order valence-electron chi connectivity index (χ2n) is 4.22. The quantitative estimate of drug-likeness (QED) is 0.835. The van der Waals surface area contributed by atoms with E-state index in [1.165, 1.54) is 6.07 Å². The molecule has 0 saturated carbocycles. The summed E-state index contributed by atoms with van der Waals surface area (Å²) < 4.78 is 13.4. The zero-order valence-electron chi connectivity index (χ0n) is 9.63. The minimum Gasteiger partial charge on any atom is -0.381 e. The summed E-state index contributed by atoms with van der Waals surface area (Å²) in [7, 11) is 0. The van der Waals surface area contributed by atoms with Crippen molar-refractivity contribution in [3.05, 3.63) is 29.0 Å². The topological polar surface area (TPSA) is 38.0 Å². The molecule has 90 valence electrons. The van der Waals surface area contributed by atoms with Crippen LogP contribution in [0.25, 0.3) is 0 Å². The van der Waals surface area contributed by atoms with Gasteiger partial charge >= 0.3 is 0 Å². The molecule has 0 bridgehead atoms. The Bertz CT molecular complexity index is 322. The van der Waals surface area contributed by atoms with Crippen molar-refractivity contribution in [3.63, 3.8) is 0 Å². The predicted molar refractivity (Wildman–Crippen MR) is 67.3 cm³/mol. The molecule has 0 amide bonds. The second-order valence-corrected chi connectivity index (χ2v) is 4.62. The average molecular weight is 245 g/mol. The molecule has 0 fully saturated rings. The van der Waals surface area contributed by atoms with Crippen LogP contribution in [0.5, 0.6) is 0 Å². The summed E-state index contributed by atoms with van der Waals surface area (Å²) in [5.74, 6) is 0.450. The molecule has 1 atom stereocenters. The van der Waals surface area contributed by atoms with Gasteiger partial charge in [0.25, 0.3) is 0 Å². The second kappa shape index (κ2) is 6.06. The number of nitrogens with two attached hydrogens (primary N) is 1. The van der Waals surface area contributed by atoms with Gasteiger partial charge in [-0.05, 0) is 30.5 Å². The zero-order valence-corrected chi connectivity index (χ0v) is 10.4. The van der Waals surface area contributed by atoms with Crippen LogP contribution in [-0.4, -0.2) is 13.1 Å². The number of rotatable bonds is 5. The summed E-state index contributed by atoms with van der Waals surface area (Å²) in [5, 5.41) is 3.43. The molecule has 1 rings (SSSR count). The number of para-hydroxylation sites is 1. The van der Waals surface area contributed by atoms with E-state index in [0.717, 1.165) is 0 Å². The molecule has 16 heavy (non-hydrogen) atoms. The zero-order chi connectivity index (χ0) is 12.1. The Kier molecular flexibility index (Phi) is 5.03. The summed E-state index contributed by atoms with van der Waals surface area (Å²) in [5.41, 5.74) is 6.01. The molecule has 0 aliphatic carbocycles. The minimum atomic E-state index is -0.327. The van der Waals surface area contributed by atoms with Crippen molar-refractivity contribution >= 4 is 17.3 Å². The normalized spacial score (nSPS) is 12.9. The molecule has 4 heteroatoms. The van der Waals surface area contributed by atoms with Crippen molar-refractivity contribution in [1.29, 1.82) is 0 Å². The van der Waals surface area contributed by atoms with E-state index in [9.17, 15) is 4.39 Å². The Balaban J connectivity index is 2.67. The molecule has 0 aromatic heterocycles. The van der Waals surface area contributed by atoms with Gasteiger partial charge in [0.15, 0.2) is 0 Å². The van der Waals surface area contributed by atoms with Crippen molar-refractivity contribution in [2.24, 2.45) is 17.6 Å². The maximum absolute atomic E-state index is 13.4. The first-order valence-electron chi connectivity index (χ1n) is 5.44. The largest absolute Gasteiger partial charge is 0.381 e. The van der Waals surface area contributed by atoms with Crippen LogP contribution in [0.4, 0.5) is 10.1 Å². The fraction of sp³-hybridized carbons (Fsp3) is 0.500. The molecular weight excluding hydrogens is 227 g/mol. The fourth-order valence-corrected chi connectivity index (χ4v) is 1.72. The number of halogens is 2. The molecule has 0 heterocycles. The molecule has 1 aromatic carbocycles. The van der Waals surface area contributed by atoms with Crippen LogP contribution in [0, 0.1) is 17.7 Å². The SMILES string of the molecule is CC(C)C(CN)CNc1c(F)cccc1Cl. The molecular formula is C12H18ClFN2. The van der Waals surface area contributed by atoms with Gasteiger partial charge in [-0.25, -0.2) is 4.39 Å². The van der Waals surface area contributed by atoms with E-state index < -0.39 is 0 Å². The molecule has 0 radical (unpaired) electrons. The van der Waals surface area contributed by atoms with Crippen LogP contribution in [0.1, 0.15) is 13.8 Å². The lowest BCUT2D eigenvalue weighted by Crippen LogP contribution is -2.27. The summed E-state index contributed by atoms with van der Waals surface area (Å²) >= 11 is 5.90. The van der Waals surface area contributed by atoms with E-state index in [0.29, 0.717) is 35.6 Å². The Labute approximate surface area is 101 Å². The van der Waals surface area contributed by atoms with Gasteiger partial charge in [0, 0.05) is 6.54 Å². The van der Waals surface area contributed by atoms with Gasteiger partial charge in [-0.3, -0.25) is 0 Å². The van der Waals surface area contributed by atoms with E-state index in [1.807, 2.05) is 0 Å². The van der Waals surface area contributed by atoms with E-state index in [2.05, 4.69) is 19.2 Å². The van der Waals surface area contributed by atoms with E-state index >= 15 is 0 Å². The van der Waals surface area contributed by atoms with Crippen molar-refractivity contribution < 1.29 is 4.39 Å². The summed E-state index contributed by atoms with van der Waals surface area (Å²) in [6, 6.07) is 4.65. The molecule has 0 saturated heterocycles. The van der Waals surface area contributed by atoms with Crippen molar-refractivity contribution in [2.75, 3.05) is 18.4 Å². The first-order valence-corrected chi connectivity index (χ1v) is 5.82. The molecule has 3 N–H and O–H groups in total. The van der Waals surface area contributed by atoms with Crippen LogP contribution in [0.15, 0.2) is 18.2 Å². The molecule has 0 aliphatic rings. The Morgan fingerprint density at radius 1 is 1.44 bits per heavy atom. The van der Waals surface area contributed by atoms with Crippen molar-refractivity contribution in [3.8, 4) is 0 Å². The minimum absolute atomic E-state index is 0.315. The van der Waals surface area contributed by atoms with Gasteiger partial charge in [-0.1, -0.05) is 31.5 Å². The van der Waals surface area contributed by atoms with Crippen molar-refractivity contribution in [1.82, 2.24) is 0 Å². The van der Waals surface area contributed by atoms with Crippen molar-refractivity contribution in [2.45, 2.75) is 13.8 Å². The molecule has 0 spiro atoms. The number of anilines is 1. The van der Waals surface area contributed by atoms with Gasteiger partial charge in [0.1, 0.15) is 5.82 Å². The standard InChI is InChI=1S/C12H18ClFN2/c1-8(2)9(6-15)7-16-12-10(13)4-3-5-11(12)14/h3-5,8-9,16H,6-7,15H2,1-2H3. The number of benzene rings is 1. The van der Waals surface area contributed by atoms with Gasteiger partial charge in [0.05, 0.1) is 10.7 Å². The van der Waals surface area contributed by atoms with Crippen LogP contribution < -0.4 is 11.1 Å². The Morgan fingerprint density at radius 3 is 2.62 bits per heavy atom. The highest BCUT2D eigenvalue weighted by Gasteiger charge is 2.13. The van der Waals surface area contributed by atoms with Gasteiger partial charge in [-0.2, -0.15) is 0 Å². The monoisotopic (exact) mass is 244 g/mol. The smallest absolute Gasteiger partial charge is 0.147 e. The summed E-state index contributed by atoms with van der Waals surface area (Å²) in [4.78, 5) is 0. The molecule has 2 nitrogen and oxygen atoms in total. The van der Waals surface area contributed by atoms with Crippen LogP contribution in [-0.2, 0) is 0 Å². The third-order valence-corrected chi connectivity index (χ3v) is 3.06. The highest BCUT2D eigenvalue weighted by molar-refractivity contribution is 6.33.